The molecule has 1 saturated heterocycles. The van der Waals surface area contributed by atoms with Gasteiger partial charge in [-0.1, -0.05) is 0 Å². The smallest absolute Gasteiger partial charge is 0.475 e. The first kappa shape index (κ1) is 29.4. The molecule has 1 aliphatic rings. The molecule has 3 heterocycles. The number of nitrogens with one attached hydrogen (secondary N) is 2. The van der Waals surface area contributed by atoms with Crippen LogP contribution in [0.15, 0.2) is 12.3 Å². The molecular weight excluding hydrogens is 492 g/mol. The molecule has 1 unspecified atom stereocenters. The highest BCUT2D eigenvalue weighted by molar-refractivity contribution is 5.73. The number of anilines is 2. The summed E-state index contributed by atoms with van der Waals surface area (Å²) in [5.41, 5.74) is 8.71. The Morgan fingerprint density at radius 1 is 1.14 bits per heavy atom. The molecule has 1 aliphatic heterocycles. The lowest BCUT2D eigenvalue weighted by Gasteiger charge is -2.24. The molecule has 0 saturated carbocycles. The highest BCUT2D eigenvalue weighted by atomic mass is 19.4. The number of carboxylic acid groups (broad SMARTS) is 2. The zero-order valence-electron chi connectivity index (χ0n) is 18.6. The molecule has 1 fully saturated rings. The molecule has 2 aromatic rings. The zero-order valence-corrected chi connectivity index (χ0v) is 18.6. The number of likely N-dealkylation sites (N-methyl/N-ethyl adjacent to an activating group) is 1. The molecule has 1 atom stereocenters. The highest BCUT2D eigenvalue weighted by Gasteiger charge is 2.39. The quantitative estimate of drug-likeness (QED) is 0.382. The van der Waals surface area contributed by atoms with E-state index in [2.05, 4.69) is 37.3 Å². The number of alkyl halides is 6. The van der Waals surface area contributed by atoms with Crippen molar-refractivity contribution >= 4 is 23.7 Å². The summed E-state index contributed by atoms with van der Waals surface area (Å²) in [6, 6.07) is 1.97. The summed E-state index contributed by atoms with van der Waals surface area (Å²) in [5.74, 6) is -4.36. The number of carbonyl (C=O) groups is 2. The summed E-state index contributed by atoms with van der Waals surface area (Å²) in [7, 11) is 2.00. The first-order valence-electron chi connectivity index (χ1n) is 9.58. The molecule has 0 amide bonds. The van der Waals surface area contributed by atoms with Crippen LogP contribution >= 0.6 is 0 Å². The van der Waals surface area contributed by atoms with Crippen molar-refractivity contribution in [3.8, 4) is 11.4 Å². The number of nitrogens with two attached hydrogens (primary N) is 1. The molecule has 0 bridgehead atoms. The van der Waals surface area contributed by atoms with Gasteiger partial charge in [-0.15, -0.1) is 0 Å². The van der Waals surface area contributed by atoms with E-state index in [0.29, 0.717) is 0 Å². The van der Waals surface area contributed by atoms with Crippen molar-refractivity contribution in [1.82, 2.24) is 25.5 Å². The van der Waals surface area contributed by atoms with Gasteiger partial charge in [0.1, 0.15) is 5.82 Å². The minimum Gasteiger partial charge on any atom is -0.475 e. The van der Waals surface area contributed by atoms with E-state index in [0.717, 1.165) is 42.3 Å². The molecule has 3 rings (SSSR count). The molecule has 196 valence electrons. The second-order valence-electron chi connectivity index (χ2n) is 7.49. The van der Waals surface area contributed by atoms with Crippen LogP contribution in [0.25, 0.3) is 11.4 Å². The average molecular weight is 515 g/mol. The van der Waals surface area contributed by atoms with Gasteiger partial charge >= 0.3 is 24.3 Å². The van der Waals surface area contributed by atoms with Gasteiger partial charge in [-0.3, -0.25) is 5.10 Å². The van der Waals surface area contributed by atoms with Crippen molar-refractivity contribution in [2.24, 2.45) is 0 Å². The summed E-state index contributed by atoms with van der Waals surface area (Å²) in [6.07, 6.45) is -7.31. The van der Waals surface area contributed by atoms with E-state index in [1.807, 2.05) is 20.0 Å². The van der Waals surface area contributed by atoms with Crippen LogP contribution in [-0.2, 0) is 9.59 Å². The highest BCUT2D eigenvalue weighted by Crippen LogP contribution is 2.28. The van der Waals surface area contributed by atoms with E-state index in [9.17, 15) is 26.3 Å². The molecule has 35 heavy (non-hydrogen) atoms. The van der Waals surface area contributed by atoms with Crippen molar-refractivity contribution in [2.75, 3.05) is 30.8 Å². The van der Waals surface area contributed by atoms with Crippen LogP contribution < -0.4 is 16.0 Å². The number of aliphatic carboxylic acids is 2. The van der Waals surface area contributed by atoms with Crippen molar-refractivity contribution in [3.05, 3.63) is 17.8 Å². The number of aromatic nitrogens is 4. The van der Waals surface area contributed by atoms with Crippen LogP contribution in [0.4, 0.5) is 38.1 Å². The van der Waals surface area contributed by atoms with Gasteiger partial charge < -0.3 is 26.2 Å². The van der Waals surface area contributed by atoms with Gasteiger partial charge in [0, 0.05) is 24.7 Å². The molecule has 17 heteroatoms. The number of halogens is 6. The third-order valence-electron chi connectivity index (χ3n) is 4.70. The lowest BCUT2D eigenvalue weighted by atomic mass is 10.0. The predicted octanol–water partition coefficient (Wildman–Crippen LogP) is 2.21. The normalized spacial score (nSPS) is 17.7. The largest absolute Gasteiger partial charge is 0.490 e. The summed E-state index contributed by atoms with van der Waals surface area (Å²) in [6.45, 7) is 6.07. The Bertz CT molecular complexity index is 1000. The molecule has 0 spiro atoms. The maximum Gasteiger partial charge on any atom is 0.490 e. The Balaban J connectivity index is 0.000000362. The van der Waals surface area contributed by atoms with Gasteiger partial charge in [-0.2, -0.15) is 36.4 Å². The van der Waals surface area contributed by atoms with Crippen LogP contribution in [0, 0.1) is 6.92 Å². The second kappa shape index (κ2) is 11.2. The van der Waals surface area contributed by atoms with Crippen molar-refractivity contribution in [2.45, 2.75) is 38.2 Å². The lowest BCUT2D eigenvalue weighted by molar-refractivity contribution is -0.193. The first-order valence-corrected chi connectivity index (χ1v) is 9.58. The fourth-order valence-electron chi connectivity index (χ4n) is 2.71. The van der Waals surface area contributed by atoms with E-state index in [1.54, 1.807) is 6.20 Å². The molecule has 0 aliphatic carbocycles. The maximum absolute atomic E-state index is 10.6. The number of nitrogens with zero attached hydrogens (tertiary/aromatic N) is 4. The fraction of sp³-hybridized carbons (Fsp3) is 0.500. The van der Waals surface area contributed by atoms with Crippen LogP contribution in [-0.4, -0.2) is 80.3 Å². The number of hydrogen-bond donors (Lipinski definition) is 5. The van der Waals surface area contributed by atoms with Gasteiger partial charge in [0.2, 0.25) is 5.95 Å². The predicted molar refractivity (Wildman–Crippen MR) is 110 cm³/mol. The Kier molecular flexibility index (Phi) is 9.41. The molecular formula is C18H23F6N7O4. The van der Waals surface area contributed by atoms with Crippen molar-refractivity contribution < 1.29 is 46.1 Å². The minimum atomic E-state index is -5.08. The number of rotatable bonds is 3. The van der Waals surface area contributed by atoms with Gasteiger partial charge in [-0.25, -0.2) is 14.6 Å². The molecule has 0 radical (unpaired) electrons. The fourth-order valence-corrected chi connectivity index (χ4v) is 2.71. The van der Waals surface area contributed by atoms with Crippen LogP contribution in [0.2, 0.25) is 0 Å². The first-order chi connectivity index (χ1) is 15.9. The third-order valence-corrected chi connectivity index (χ3v) is 4.70. The zero-order chi connectivity index (χ0) is 27.2. The van der Waals surface area contributed by atoms with E-state index in [1.165, 1.54) is 0 Å². The number of H-pyrrole nitrogens is 1. The minimum absolute atomic E-state index is 0.115. The van der Waals surface area contributed by atoms with Crippen molar-refractivity contribution in [1.29, 1.82) is 0 Å². The summed E-state index contributed by atoms with van der Waals surface area (Å²) >= 11 is 0. The molecule has 0 aromatic carbocycles. The van der Waals surface area contributed by atoms with E-state index in [-0.39, 0.29) is 11.5 Å². The number of hydrogen-bond acceptors (Lipinski definition) is 8. The monoisotopic (exact) mass is 515 g/mol. The summed E-state index contributed by atoms with van der Waals surface area (Å²) < 4.78 is 63.5. The average Bonchev–Trinajstić information content (AvgIpc) is 3.33. The number of aryl methyl sites for hydroxylation is 1. The SMILES string of the molecule is CNC1(C)CCN(c2cc(-c3[nH]ncc3C)nc(N)n2)C1.O=C(O)C(F)(F)F.O=C(O)C(F)(F)F. The summed E-state index contributed by atoms with van der Waals surface area (Å²) in [4.78, 5) is 28.7. The van der Waals surface area contributed by atoms with Gasteiger partial charge in [-0.05, 0) is 32.9 Å². The summed E-state index contributed by atoms with van der Waals surface area (Å²) in [5, 5.41) is 24.6. The van der Waals surface area contributed by atoms with E-state index in [4.69, 9.17) is 25.5 Å². The Morgan fingerprint density at radius 3 is 2.03 bits per heavy atom. The Labute approximate surface area is 194 Å². The van der Waals surface area contributed by atoms with E-state index >= 15 is 0 Å². The molecule has 11 nitrogen and oxygen atoms in total. The van der Waals surface area contributed by atoms with Gasteiger partial charge in [0.05, 0.1) is 17.6 Å². The number of nitrogen functional groups attached to an aromatic ring is 1. The van der Waals surface area contributed by atoms with Gasteiger partial charge in [0.15, 0.2) is 0 Å². The third kappa shape index (κ3) is 8.91. The van der Waals surface area contributed by atoms with Crippen molar-refractivity contribution in [3.63, 3.8) is 0 Å². The topological polar surface area (TPSA) is 170 Å². The maximum atomic E-state index is 10.6. The lowest BCUT2D eigenvalue weighted by Crippen LogP contribution is -2.42. The Hall–Kier alpha value is -3.63. The van der Waals surface area contributed by atoms with Gasteiger partial charge in [0.25, 0.3) is 0 Å². The standard InChI is InChI=1S/C14H21N7.2C2HF3O2/c1-9-7-17-20-12(9)10-6-11(19-13(15)18-10)21-5-4-14(2,8-21)16-3;2*3-2(4,5)1(6)7/h6-7,16H,4-5,8H2,1-3H3,(H,17,20)(H2,15,18,19);2*(H,6,7). The molecule has 6 N–H and O–H groups in total. The van der Waals surface area contributed by atoms with E-state index < -0.39 is 24.3 Å². The van der Waals surface area contributed by atoms with Crippen LogP contribution in [0.1, 0.15) is 18.9 Å². The van der Waals surface area contributed by atoms with Crippen LogP contribution in [0.3, 0.4) is 0 Å². The molecule has 2 aromatic heterocycles. The Morgan fingerprint density at radius 2 is 1.66 bits per heavy atom. The van der Waals surface area contributed by atoms with Crippen LogP contribution in [0.5, 0.6) is 0 Å². The number of carboxylic acids is 2. The number of aromatic amines is 1. The second-order valence-corrected chi connectivity index (χ2v) is 7.49.